The van der Waals surface area contributed by atoms with Crippen LogP contribution in [0, 0.1) is 17.0 Å². The van der Waals surface area contributed by atoms with E-state index in [1.807, 2.05) is 0 Å². The fourth-order valence-corrected chi connectivity index (χ4v) is 3.64. The van der Waals surface area contributed by atoms with Crippen LogP contribution in [0.5, 0.6) is 0 Å². The molecule has 0 amide bonds. The minimum absolute atomic E-state index is 0.0557. The van der Waals surface area contributed by atoms with Gasteiger partial charge in [0.05, 0.1) is 0 Å². The number of hydrogen-bond donors (Lipinski definition) is 1. The normalized spacial score (nSPS) is 19.2. The minimum atomic E-state index is -0.479. The van der Waals surface area contributed by atoms with Crippen molar-refractivity contribution in [1.82, 2.24) is 5.32 Å². The van der Waals surface area contributed by atoms with Gasteiger partial charge in [0.2, 0.25) is 0 Å². The molecular formula is C17H25F2N. The third kappa shape index (κ3) is 3.20. The van der Waals surface area contributed by atoms with E-state index in [-0.39, 0.29) is 11.5 Å². The Bertz CT molecular complexity index is 418. The van der Waals surface area contributed by atoms with Gasteiger partial charge in [-0.1, -0.05) is 26.7 Å². The Kier molecular flexibility index (Phi) is 5.14. The highest BCUT2D eigenvalue weighted by Gasteiger charge is 2.40. The zero-order chi connectivity index (χ0) is 14.6. The molecule has 1 unspecified atom stereocenters. The summed E-state index contributed by atoms with van der Waals surface area (Å²) in [6.07, 6.45) is 6.79. The molecule has 1 aliphatic rings. The molecule has 0 spiro atoms. The standard InChI is InChI=1S/C17H25F2N/c1-3-9-20-16(17(4-2)7-5-6-8-17)13-10-14(18)12-15(19)11-13/h10-12,16,20H,3-9H2,1-2H3. The maximum atomic E-state index is 13.6. The van der Waals surface area contributed by atoms with Crippen molar-refractivity contribution in [2.45, 2.75) is 58.4 Å². The molecule has 0 aliphatic heterocycles. The lowest BCUT2D eigenvalue weighted by Crippen LogP contribution is -2.36. The van der Waals surface area contributed by atoms with Crippen molar-refractivity contribution in [3.63, 3.8) is 0 Å². The van der Waals surface area contributed by atoms with Crippen molar-refractivity contribution in [3.8, 4) is 0 Å². The lowest BCUT2D eigenvalue weighted by molar-refractivity contribution is 0.186. The van der Waals surface area contributed by atoms with Crippen LogP contribution in [0.15, 0.2) is 18.2 Å². The van der Waals surface area contributed by atoms with Crippen LogP contribution in [0.3, 0.4) is 0 Å². The Morgan fingerprint density at radius 3 is 2.20 bits per heavy atom. The van der Waals surface area contributed by atoms with E-state index in [0.29, 0.717) is 0 Å². The van der Waals surface area contributed by atoms with Crippen molar-refractivity contribution in [2.75, 3.05) is 6.54 Å². The van der Waals surface area contributed by atoms with Gasteiger partial charge >= 0.3 is 0 Å². The van der Waals surface area contributed by atoms with Gasteiger partial charge in [0.25, 0.3) is 0 Å². The highest BCUT2D eigenvalue weighted by Crippen LogP contribution is 2.50. The van der Waals surface area contributed by atoms with E-state index in [1.165, 1.54) is 25.0 Å². The molecule has 0 saturated heterocycles. The van der Waals surface area contributed by atoms with Gasteiger partial charge in [-0.05, 0) is 55.3 Å². The van der Waals surface area contributed by atoms with E-state index < -0.39 is 11.6 Å². The molecule has 2 rings (SSSR count). The average molecular weight is 281 g/mol. The zero-order valence-electron chi connectivity index (χ0n) is 12.5. The van der Waals surface area contributed by atoms with E-state index in [0.717, 1.165) is 43.9 Å². The molecule has 1 nitrogen and oxygen atoms in total. The van der Waals surface area contributed by atoms with Gasteiger partial charge in [-0.2, -0.15) is 0 Å². The van der Waals surface area contributed by atoms with Crippen LogP contribution >= 0.6 is 0 Å². The second-order valence-electron chi connectivity index (χ2n) is 6.01. The molecule has 0 bridgehead atoms. The fourth-order valence-electron chi connectivity index (χ4n) is 3.64. The number of rotatable bonds is 6. The molecule has 1 aliphatic carbocycles. The van der Waals surface area contributed by atoms with Gasteiger partial charge in [-0.15, -0.1) is 0 Å². The average Bonchev–Trinajstić information content (AvgIpc) is 2.88. The van der Waals surface area contributed by atoms with E-state index >= 15 is 0 Å². The molecule has 0 heterocycles. The molecule has 1 N–H and O–H groups in total. The Balaban J connectivity index is 2.35. The largest absolute Gasteiger partial charge is 0.309 e. The second kappa shape index (κ2) is 6.66. The highest BCUT2D eigenvalue weighted by molar-refractivity contribution is 5.24. The molecule has 20 heavy (non-hydrogen) atoms. The summed E-state index contributed by atoms with van der Waals surface area (Å²) in [5.74, 6) is -0.958. The van der Waals surface area contributed by atoms with E-state index in [9.17, 15) is 8.78 Å². The van der Waals surface area contributed by atoms with Crippen molar-refractivity contribution < 1.29 is 8.78 Å². The van der Waals surface area contributed by atoms with E-state index in [2.05, 4.69) is 19.2 Å². The molecule has 112 valence electrons. The second-order valence-corrected chi connectivity index (χ2v) is 6.01. The first kappa shape index (κ1) is 15.4. The van der Waals surface area contributed by atoms with Crippen LogP contribution in [-0.2, 0) is 0 Å². The topological polar surface area (TPSA) is 12.0 Å². The van der Waals surface area contributed by atoms with E-state index in [4.69, 9.17) is 0 Å². The lowest BCUT2D eigenvalue weighted by Gasteiger charge is -2.38. The van der Waals surface area contributed by atoms with Crippen molar-refractivity contribution in [2.24, 2.45) is 5.41 Å². The molecule has 0 radical (unpaired) electrons. The third-order valence-corrected chi connectivity index (χ3v) is 4.73. The van der Waals surface area contributed by atoms with Crippen molar-refractivity contribution >= 4 is 0 Å². The summed E-state index contributed by atoms with van der Waals surface area (Å²) in [7, 11) is 0. The van der Waals surface area contributed by atoms with E-state index in [1.54, 1.807) is 0 Å². The summed E-state index contributed by atoms with van der Waals surface area (Å²) in [6, 6.07) is 3.99. The SMILES string of the molecule is CCCNC(c1cc(F)cc(F)c1)C1(CC)CCCC1. The van der Waals surface area contributed by atoms with Crippen molar-refractivity contribution in [1.29, 1.82) is 0 Å². The summed E-state index contributed by atoms with van der Waals surface area (Å²) in [4.78, 5) is 0. The summed E-state index contributed by atoms with van der Waals surface area (Å²) in [5, 5.41) is 3.54. The van der Waals surface area contributed by atoms with Gasteiger partial charge in [-0.25, -0.2) is 8.78 Å². The van der Waals surface area contributed by atoms with Crippen LogP contribution in [0.1, 0.15) is 64.0 Å². The van der Waals surface area contributed by atoms with Crippen LogP contribution < -0.4 is 5.32 Å². The molecule has 1 aromatic rings. The third-order valence-electron chi connectivity index (χ3n) is 4.73. The molecule has 1 saturated carbocycles. The van der Waals surface area contributed by atoms with Crippen LogP contribution in [-0.4, -0.2) is 6.54 Å². The van der Waals surface area contributed by atoms with Gasteiger partial charge in [0, 0.05) is 12.1 Å². The van der Waals surface area contributed by atoms with Crippen molar-refractivity contribution in [3.05, 3.63) is 35.4 Å². The molecular weight excluding hydrogens is 256 g/mol. The number of benzene rings is 1. The molecule has 1 fully saturated rings. The lowest BCUT2D eigenvalue weighted by atomic mass is 9.73. The first-order valence-corrected chi connectivity index (χ1v) is 7.80. The summed E-state index contributed by atoms with van der Waals surface area (Å²) >= 11 is 0. The Labute approximate surface area is 120 Å². The van der Waals surface area contributed by atoms with Crippen LogP contribution in [0.2, 0.25) is 0 Å². The van der Waals surface area contributed by atoms with Gasteiger partial charge in [-0.3, -0.25) is 0 Å². The first-order valence-electron chi connectivity index (χ1n) is 7.80. The summed E-state index contributed by atoms with van der Waals surface area (Å²) < 4.78 is 27.1. The maximum Gasteiger partial charge on any atom is 0.126 e. The van der Waals surface area contributed by atoms with Crippen LogP contribution in [0.4, 0.5) is 8.78 Å². The summed E-state index contributed by atoms with van der Waals surface area (Å²) in [6.45, 7) is 5.19. The van der Waals surface area contributed by atoms with Gasteiger partial charge in [0.15, 0.2) is 0 Å². The van der Waals surface area contributed by atoms with Gasteiger partial charge < -0.3 is 5.32 Å². The number of halogens is 2. The Morgan fingerprint density at radius 2 is 1.70 bits per heavy atom. The quantitative estimate of drug-likeness (QED) is 0.775. The van der Waals surface area contributed by atoms with Gasteiger partial charge in [0.1, 0.15) is 11.6 Å². The molecule has 0 aromatic heterocycles. The molecule has 1 aromatic carbocycles. The molecule has 1 atom stereocenters. The Morgan fingerprint density at radius 1 is 1.10 bits per heavy atom. The minimum Gasteiger partial charge on any atom is -0.309 e. The zero-order valence-corrected chi connectivity index (χ0v) is 12.5. The monoisotopic (exact) mass is 281 g/mol. The van der Waals surface area contributed by atoms with Crippen LogP contribution in [0.25, 0.3) is 0 Å². The number of nitrogens with one attached hydrogen (secondary N) is 1. The first-order chi connectivity index (χ1) is 9.61. The molecule has 3 heteroatoms. The highest BCUT2D eigenvalue weighted by atomic mass is 19.1. The predicted molar refractivity (Wildman–Crippen MR) is 78.6 cm³/mol. The fraction of sp³-hybridized carbons (Fsp3) is 0.647. The smallest absolute Gasteiger partial charge is 0.126 e. The summed E-state index contributed by atoms with van der Waals surface area (Å²) in [5.41, 5.74) is 0.912. The number of hydrogen-bond acceptors (Lipinski definition) is 1. The maximum absolute atomic E-state index is 13.6. The Hall–Kier alpha value is -0.960. The predicted octanol–water partition coefficient (Wildman–Crippen LogP) is 4.98.